The highest BCUT2D eigenvalue weighted by molar-refractivity contribution is 14.1. The van der Waals surface area contributed by atoms with Gasteiger partial charge in [-0.2, -0.15) is 0 Å². The molecule has 1 amide bonds. The molecule has 17 heavy (non-hydrogen) atoms. The number of carbonyl (C=O) groups excluding carboxylic acids is 1. The zero-order valence-electron chi connectivity index (χ0n) is 9.54. The van der Waals surface area contributed by atoms with Gasteiger partial charge < -0.3 is 10.4 Å². The second kappa shape index (κ2) is 7.18. The molecule has 5 heteroatoms. The highest BCUT2D eigenvalue weighted by Crippen LogP contribution is 2.19. The monoisotopic (exact) mass is 367 g/mol. The highest BCUT2D eigenvalue weighted by Gasteiger charge is 2.09. The van der Waals surface area contributed by atoms with Gasteiger partial charge in [-0.15, -0.1) is 0 Å². The van der Waals surface area contributed by atoms with Gasteiger partial charge in [-0.1, -0.05) is 24.9 Å². The fourth-order valence-corrected chi connectivity index (χ4v) is 1.90. The summed E-state index contributed by atoms with van der Waals surface area (Å²) in [6, 6.07) is 5.14. The molecule has 0 aromatic heterocycles. The van der Waals surface area contributed by atoms with E-state index >= 15 is 0 Å². The third kappa shape index (κ3) is 4.81. The molecule has 0 bridgehead atoms. The summed E-state index contributed by atoms with van der Waals surface area (Å²) >= 11 is 8.04. The number of hydrogen-bond acceptors (Lipinski definition) is 2. The molecule has 0 aliphatic rings. The second-order valence-electron chi connectivity index (χ2n) is 3.78. The van der Waals surface area contributed by atoms with Crippen LogP contribution in [0.15, 0.2) is 18.2 Å². The third-order valence-electron chi connectivity index (χ3n) is 2.30. The SMILES string of the molecule is CCCC(O)CNC(=O)c1ccc(I)c(Cl)c1. The molecule has 0 heterocycles. The number of amides is 1. The Morgan fingerprint density at radius 2 is 2.29 bits per heavy atom. The first-order chi connectivity index (χ1) is 8.04. The summed E-state index contributed by atoms with van der Waals surface area (Å²) in [4.78, 5) is 11.7. The van der Waals surface area contributed by atoms with E-state index < -0.39 is 6.10 Å². The van der Waals surface area contributed by atoms with Crippen molar-refractivity contribution in [3.05, 3.63) is 32.4 Å². The molecule has 94 valence electrons. The van der Waals surface area contributed by atoms with Crippen LogP contribution in [-0.2, 0) is 0 Å². The minimum Gasteiger partial charge on any atom is -0.391 e. The van der Waals surface area contributed by atoms with Gasteiger partial charge in [0.2, 0.25) is 0 Å². The topological polar surface area (TPSA) is 49.3 Å². The number of hydrogen-bond donors (Lipinski definition) is 2. The molecule has 1 rings (SSSR count). The largest absolute Gasteiger partial charge is 0.391 e. The summed E-state index contributed by atoms with van der Waals surface area (Å²) in [7, 11) is 0. The lowest BCUT2D eigenvalue weighted by Crippen LogP contribution is -2.32. The summed E-state index contributed by atoms with van der Waals surface area (Å²) in [5, 5.41) is 12.7. The number of benzene rings is 1. The Labute approximate surface area is 120 Å². The van der Waals surface area contributed by atoms with E-state index in [2.05, 4.69) is 27.9 Å². The van der Waals surface area contributed by atoms with Gasteiger partial charge in [0.1, 0.15) is 0 Å². The van der Waals surface area contributed by atoms with Crippen LogP contribution in [0.5, 0.6) is 0 Å². The third-order valence-corrected chi connectivity index (χ3v) is 3.87. The number of rotatable bonds is 5. The highest BCUT2D eigenvalue weighted by atomic mass is 127. The van der Waals surface area contributed by atoms with Crippen LogP contribution < -0.4 is 5.32 Å². The van der Waals surface area contributed by atoms with Gasteiger partial charge in [-0.3, -0.25) is 4.79 Å². The van der Waals surface area contributed by atoms with Crippen LogP contribution in [-0.4, -0.2) is 23.7 Å². The van der Waals surface area contributed by atoms with E-state index in [-0.39, 0.29) is 12.5 Å². The fourth-order valence-electron chi connectivity index (χ4n) is 1.39. The second-order valence-corrected chi connectivity index (χ2v) is 5.35. The molecule has 3 nitrogen and oxygen atoms in total. The average Bonchev–Trinajstić information content (AvgIpc) is 2.30. The molecule has 0 saturated carbocycles. The van der Waals surface area contributed by atoms with Gasteiger partial charge in [0.15, 0.2) is 0 Å². The number of aliphatic hydroxyl groups excluding tert-OH is 1. The van der Waals surface area contributed by atoms with Crippen LogP contribution in [0.25, 0.3) is 0 Å². The van der Waals surface area contributed by atoms with Crippen molar-refractivity contribution in [2.45, 2.75) is 25.9 Å². The van der Waals surface area contributed by atoms with Gasteiger partial charge in [-0.05, 0) is 47.2 Å². The summed E-state index contributed by atoms with van der Waals surface area (Å²) < 4.78 is 0.909. The number of aliphatic hydroxyl groups is 1. The van der Waals surface area contributed by atoms with Crippen molar-refractivity contribution in [1.29, 1.82) is 0 Å². The number of nitrogens with one attached hydrogen (secondary N) is 1. The Bertz CT molecular complexity index is 398. The van der Waals surface area contributed by atoms with Gasteiger partial charge in [0, 0.05) is 15.7 Å². The Morgan fingerprint density at radius 1 is 1.59 bits per heavy atom. The van der Waals surface area contributed by atoms with E-state index in [1.54, 1.807) is 18.2 Å². The van der Waals surface area contributed by atoms with E-state index in [1.165, 1.54) is 0 Å². The zero-order valence-corrected chi connectivity index (χ0v) is 12.5. The molecule has 1 unspecified atom stereocenters. The lowest BCUT2D eigenvalue weighted by molar-refractivity contribution is 0.0910. The maximum absolute atomic E-state index is 11.7. The molecule has 0 saturated heterocycles. The lowest BCUT2D eigenvalue weighted by atomic mass is 10.2. The summed E-state index contributed by atoms with van der Waals surface area (Å²) in [5.74, 6) is -0.210. The predicted octanol–water partition coefficient (Wildman–Crippen LogP) is 2.84. The molecule has 0 spiro atoms. The van der Waals surface area contributed by atoms with Crippen molar-refractivity contribution < 1.29 is 9.90 Å². The maximum Gasteiger partial charge on any atom is 0.251 e. The Balaban J connectivity index is 2.55. The zero-order chi connectivity index (χ0) is 12.8. The smallest absolute Gasteiger partial charge is 0.251 e. The van der Waals surface area contributed by atoms with Gasteiger partial charge in [0.25, 0.3) is 5.91 Å². The Morgan fingerprint density at radius 3 is 2.88 bits per heavy atom. The Hall–Kier alpha value is -0.330. The van der Waals surface area contributed by atoms with Gasteiger partial charge >= 0.3 is 0 Å². The molecule has 2 N–H and O–H groups in total. The quantitative estimate of drug-likeness (QED) is 0.786. The van der Waals surface area contributed by atoms with Crippen molar-refractivity contribution in [3.8, 4) is 0 Å². The van der Waals surface area contributed by atoms with Crippen molar-refractivity contribution in [1.82, 2.24) is 5.32 Å². The molecule has 0 radical (unpaired) electrons. The first-order valence-corrected chi connectivity index (χ1v) is 6.91. The molecular weight excluding hydrogens is 352 g/mol. The van der Waals surface area contributed by atoms with Crippen LogP contribution in [0.2, 0.25) is 5.02 Å². The van der Waals surface area contributed by atoms with Crippen LogP contribution in [0.4, 0.5) is 0 Å². The van der Waals surface area contributed by atoms with E-state index in [9.17, 15) is 9.90 Å². The van der Waals surface area contributed by atoms with Crippen molar-refractivity contribution in [3.63, 3.8) is 0 Å². The summed E-state index contributed by atoms with van der Waals surface area (Å²) in [6.07, 6.45) is 1.10. The van der Waals surface area contributed by atoms with E-state index in [0.29, 0.717) is 17.0 Å². The standard InChI is InChI=1S/C12H15ClINO2/c1-2-3-9(16)7-15-12(17)8-4-5-11(14)10(13)6-8/h4-6,9,16H,2-3,7H2,1H3,(H,15,17). The Kier molecular flexibility index (Phi) is 6.22. The number of carbonyl (C=O) groups is 1. The molecular formula is C12H15ClINO2. The summed E-state index contributed by atoms with van der Waals surface area (Å²) in [6.45, 7) is 2.26. The van der Waals surface area contributed by atoms with Crippen molar-refractivity contribution in [2.24, 2.45) is 0 Å². The van der Waals surface area contributed by atoms with Crippen LogP contribution in [0, 0.1) is 3.57 Å². The number of halogens is 2. The van der Waals surface area contributed by atoms with Crippen LogP contribution >= 0.6 is 34.2 Å². The van der Waals surface area contributed by atoms with Crippen molar-refractivity contribution in [2.75, 3.05) is 6.54 Å². The normalized spacial score (nSPS) is 12.2. The van der Waals surface area contributed by atoms with E-state index in [0.717, 1.165) is 9.99 Å². The van der Waals surface area contributed by atoms with Crippen LogP contribution in [0.3, 0.4) is 0 Å². The minimum atomic E-state index is -0.483. The first kappa shape index (κ1) is 14.7. The van der Waals surface area contributed by atoms with Crippen LogP contribution in [0.1, 0.15) is 30.1 Å². The lowest BCUT2D eigenvalue weighted by Gasteiger charge is -2.11. The molecule has 0 fully saturated rings. The average molecular weight is 368 g/mol. The van der Waals surface area contributed by atoms with E-state index in [1.807, 2.05) is 6.92 Å². The van der Waals surface area contributed by atoms with Gasteiger partial charge in [0.05, 0.1) is 11.1 Å². The minimum absolute atomic E-state index is 0.210. The molecule has 1 aromatic carbocycles. The first-order valence-electron chi connectivity index (χ1n) is 5.46. The fraction of sp³-hybridized carbons (Fsp3) is 0.417. The molecule has 1 atom stereocenters. The molecule has 0 aliphatic carbocycles. The molecule has 0 aliphatic heterocycles. The van der Waals surface area contributed by atoms with Crippen molar-refractivity contribution >= 4 is 40.1 Å². The van der Waals surface area contributed by atoms with E-state index in [4.69, 9.17) is 11.6 Å². The summed E-state index contributed by atoms with van der Waals surface area (Å²) in [5.41, 5.74) is 0.513. The maximum atomic E-state index is 11.7. The predicted molar refractivity (Wildman–Crippen MR) is 77.4 cm³/mol. The van der Waals surface area contributed by atoms with Gasteiger partial charge in [-0.25, -0.2) is 0 Å². The molecule has 1 aromatic rings.